The molecule has 146 valence electrons. The molecule has 0 saturated heterocycles. The Hall–Kier alpha value is -2.18. The zero-order valence-corrected chi connectivity index (χ0v) is 17.1. The van der Waals surface area contributed by atoms with E-state index in [4.69, 9.17) is 16.3 Å². The van der Waals surface area contributed by atoms with Crippen LogP contribution in [0.5, 0.6) is 0 Å². The van der Waals surface area contributed by atoms with Crippen LogP contribution >= 0.6 is 22.9 Å². The lowest BCUT2D eigenvalue weighted by Gasteiger charge is -2.26. The minimum absolute atomic E-state index is 0.0468. The molecule has 0 amide bonds. The molecule has 1 aliphatic rings. The number of fused-ring (bicyclic) bond motifs is 1. The molecule has 1 aliphatic carbocycles. The Morgan fingerprint density at radius 3 is 2.86 bits per heavy atom. The third-order valence-corrected chi connectivity index (χ3v) is 6.34. The summed E-state index contributed by atoms with van der Waals surface area (Å²) in [5.74, 6) is 0.186. The van der Waals surface area contributed by atoms with Crippen molar-refractivity contribution >= 4 is 39.1 Å². The molecule has 0 aliphatic heterocycles. The number of hydrogen-bond acceptors (Lipinski definition) is 5. The van der Waals surface area contributed by atoms with Crippen LogP contribution < -0.4 is 5.56 Å². The number of nitrogens with zero attached hydrogens (tertiary/aromatic N) is 2. The predicted molar refractivity (Wildman–Crippen MR) is 112 cm³/mol. The van der Waals surface area contributed by atoms with Crippen LogP contribution in [0.3, 0.4) is 0 Å². The maximum Gasteiger partial charge on any atom is 0.326 e. The van der Waals surface area contributed by atoms with E-state index in [2.05, 4.69) is 11.9 Å². The van der Waals surface area contributed by atoms with Crippen molar-refractivity contribution < 1.29 is 9.53 Å². The second kappa shape index (κ2) is 8.05. The smallest absolute Gasteiger partial charge is 0.326 e. The van der Waals surface area contributed by atoms with E-state index in [1.807, 2.05) is 17.5 Å². The molecular weight excluding hydrogens is 396 g/mol. The highest BCUT2D eigenvalue weighted by atomic mass is 35.5. The van der Waals surface area contributed by atoms with Crippen molar-refractivity contribution in [1.82, 2.24) is 9.55 Å². The van der Waals surface area contributed by atoms with Crippen LogP contribution in [0.15, 0.2) is 40.8 Å². The molecule has 1 saturated carbocycles. The number of aromatic nitrogens is 2. The second-order valence-corrected chi connectivity index (χ2v) is 8.69. The van der Waals surface area contributed by atoms with Gasteiger partial charge >= 0.3 is 5.97 Å². The summed E-state index contributed by atoms with van der Waals surface area (Å²) in [6.07, 6.45) is 5.43. The van der Waals surface area contributed by atoms with E-state index < -0.39 is 0 Å². The Morgan fingerprint density at radius 2 is 2.11 bits per heavy atom. The molecule has 4 rings (SSSR count). The fourth-order valence-electron chi connectivity index (χ4n) is 3.77. The first kappa shape index (κ1) is 19.2. The number of esters is 1. The zero-order valence-electron chi connectivity index (χ0n) is 15.6. The maximum absolute atomic E-state index is 13.0. The lowest BCUT2D eigenvalue weighted by molar-refractivity contribution is -0.152. The van der Waals surface area contributed by atoms with Gasteiger partial charge in [0.25, 0.3) is 5.56 Å². The molecule has 3 aromatic rings. The van der Waals surface area contributed by atoms with E-state index >= 15 is 0 Å². The van der Waals surface area contributed by atoms with Crippen LogP contribution in [0.2, 0.25) is 5.02 Å². The Bertz CT molecular complexity index is 1060. The van der Waals surface area contributed by atoms with Gasteiger partial charge in [0.2, 0.25) is 0 Å². The Morgan fingerprint density at radius 1 is 1.32 bits per heavy atom. The topological polar surface area (TPSA) is 61.2 Å². The van der Waals surface area contributed by atoms with Gasteiger partial charge in [-0.25, -0.2) is 4.98 Å². The maximum atomic E-state index is 13.0. The molecule has 0 radical (unpaired) electrons. The third kappa shape index (κ3) is 3.98. The molecule has 2 unspecified atom stereocenters. The monoisotopic (exact) mass is 416 g/mol. The quantitative estimate of drug-likeness (QED) is 0.567. The van der Waals surface area contributed by atoms with E-state index in [1.54, 1.807) is 12.1 Å². The first-order valence-corrected chi connectivity index (χ1v) is 10.7. The summed E-state index contributed by atoms with van der Waals surface area (Å²) < 4.78 is 6.94. The third-order valence-electron chi connectivity index (χ3n) is 5.20. The molecular formula is C21H21ClN2O3S. The molecule has 1 fully saturated rings. The number of benzene rings is 1. The summed E-state index contributed by atoms with van der Waals surface area (Å²) in [4.78, 5) is 30.4. The van der Waals surface area contributed by atoms with E-state index in [0.29, 0.717) is 21.2 Å². The Kier molecular flexibility index (Phi) is 5.51. The Balaban J connectivity index is 1.59. The second-order valence-electron chi connectivity index (χ2n) is 7.40. The highest BCUT2D eigenvalue weighted by Crippen LogP contribution is 2.31. The van der Waals surface area contributed by atoms with Gasteiger partial charge < -0.3 is 4.74 Å². The summed E-state index contributed by atoms with van der Waals surface area (Å²) in [6.45, 7) is 2.06. The molecule has 0 N–H and O–H groups in total. The molecule has 2 atom stereocenters. The highest BCUT2D eigenvalue weighted by Gasteiger charge is 2.23. The lowest BCUT2D eigenvalue weighted by Crippen LogP contribution is -2.30. The fourth-order valence-corrected chi connectivity index (χ4v) is 4.80. The van der Waals surface area contributed by atoms with Gasteiger partial charge in [-0.05, 0) is 42.9 Å². The van der Waals surface area contributed by atoms with Crippen molar-refractivity contribution in [3.63, 3.8) is 0 Å². The van der Waals surface area contributed by atoms with Crippen LogP contribution in [-0.4, -0.2) is 21.6 Å². The number of halogens is 1. The van der Waals surface area contributed by atoms with E-state index in [9.17, 15) is 9.59 Å². The van der Waals surface area contributed by atoms with E-state index in [0.717, 1.165) is 30.4 Å². The summed E-state index contributed by atoms with van der Waals surface area (Å²) in [6, 6.07) is 7.33. The molecule has 5 nitrogen and oxygen atoms in total. The van der Waals surface area contributed by atoms with Gasteiger partial charge in [0.15, 0.2) is 0 Å². The predicted octanol–water partition coefficient (Wildman–Crippen LogP) is 4.90. The van der Waals surface area contributed by atoms with Gasteiger partial charge in [-0.3, -0.25) is 14.2 Å². The van der Waals surface area contributed by atoms with E-state index in [-0.39, 0.29) is 24.2 Å². The number of thiophene rings is 1. The average molecular weight is 417 g/mol. The van der Waals surface area contributed by atoms with Crippen molar-refractivity contribution in [3.05, 3.63) is 51.3 Å². The van der Waals surface area contributed by atoms with Gasteiger partial charge in [-0.1, -0.05) is 37.1 Å². The van der Waals surface area contributed by atoms with Crippen LogP contribution in [0.25, 0.3) is 21.3 Å². The lowest BCUT2D eigenvalue weighted by atomic mass is 9.89. The number of carbonyl (C=O) groups excluding carboxylic acids is 1. The van der Waals surface area contributed by atoms with Crippen molar-refractivity contribution in [2.24, 2.45) is 5.92 Å². The van der Waals surface area contributed by atoms with Crippen LogP contribution in [0, 0.1) is 5.92 Å². The number of ether oxygens (including phenoxy) is 1. The molecule has 2 heterocycles. The van der Waals surface area contributed by atoms with Crippen molar-refractivity contribution in [3.8, 4) is 11.1 Å². The van der Waals surface area contributed by atoms with Gasteiger partial charge in [0, 0.05) is 16.0 Å². The Labute approximate surface area is 171 Å². The summed E-state index contributed by atoms with van der Waals surface area (Å²) >= 11 is 7.38. The average Bonchev–Trinajstić information content (AvgIpc) is 3.09. The highest BCUT2D eigenvalue weighted by molar-refractivity contribution is 7.17. The van der Waals surface area contributed by atoms with Gasteiger partial charge in [-0.15, -0.1) is 11.3 Å². The first-order chi connectivity index (χ1) is 13.5. The number of hydrogen-bond donors (Lipinski definition) is 0. The fraction of sp³-hybridized carbons (Fsp3) is 0.381. The summed E-state index contributed by atoms with van der Waals surface area (Å²) in [5.41, 5.74) is 1.47. The van der Waals surface area contributed by atoms with Crippen molar-refractivity contribution in [2.45, 2.75) is 45.3 Å². The van der Waals surface area contributed by atoms with Crippen molar-refractivity contribution in [1.29, 1.82) is 0 Å². The molecule has 7 heteroatoms. The SMILES string of the molecule is CC1CCCC(OC(=O)Cn2cnc3scc(-c4ccc(Cl)cc4)c3c2=O)C1. The summed E-state index contributed by atoms with van der Waals surface area (Å²) in [5, 5.41) is 3.07. The first-order valence-electron chi connectivity index (χ1n) is 9.43. The molecule has 2 aromatic heterocycles. The number of carbonyl (C=O) groups is 1. The normalized spacial score (nSPS) is 19.6. The van der Waals surface area contributed by atoms with Crippen molar-refractivity contribution in [2.75, 3.05) is 0 Å². The number of rotatable bonds is 4. The standard InChI is InChI=1S/C21H21ClN2O3S/c1-13-3-2-4-16(9-13)27-18(25)10-24-12-23-20-19(21(24)26)17(11-28-20)14-5-7-15(22)8-6-14/h5-8,11-13,16H,2-4,9-10H2,1H3. The minimum Gasteiger partial charge on any atom is -0.461 e. The van der Waals surface area contributed by atoms with Crippen LogP contribution in [0.1, 0.15) is 32.6 Å². The summed E-state index contributed by atoms with van der Waals surface area (Å²) in [7, 11) is 0. The van der Waals surface area contributed by atoms with Gasteiger partial charge in [-0.2, -0.15) is 0 Å². The van der Waals surface area contributed by atoms with Gasteiger partial charge in [0.1, 0.15) is 17.5 Å². The largest absolute Gasteiger partial charge is 0.461 e. The van der Waals surface area contributed by atoms with Crippen LogP contribution in [0.4, 0.5) is 0 Å². The van der Waals surface area contributed by atoms with Gasteiger partial charge in [0.05, 0.1) is 11.7 Å². The molecule has 0 spiro atoms. The minimum atomic E-state index is -0.384. The molecule has 0 bridgehead atoms. The zero-order chi connectivity index (χ0) is 19.7. The van der Waals surface area contributed by atoms with Crippen LogP contribution in [-0.2, 0) is 16.1 Å². The molecule has 1 aromatic carbocycles. The van der Waals surface area contributed by atoms with E-state index in [1.165, 1.54) is 28.7 Å². The molecule has 28 heavy (non-hydrogen) atoms.